The van der Waals surface area contributed by atoms with Crippen LogP contribution >= 0.6 is 0 Å². The molecule has 0 aliphatic carbocycles. The topological polar surface area (TPSA) is 109 Å². The van der Waals surface area contributed by atoms with Gasteiger partial charge in [0, 0.05) is 29.7 Å². The van der Waals surface area contributed by atoms with E-state index in [0.29, 0.717) is 69.5 Å². The van der Waals surface area contributed by atoms with Crippen molar-refractivity contribution in [3.63, 3.8) is 0 Å². The molecule has 0 N–H and O–H groups in total. The SMILES string of the molecule is COc1cc(OCc2ccccc2)cc2c1C[C@@H](OC(=O)c1cc(OCc3ccccc3)c(OCc3ccccc3)c(OCc3ccccc3)c1)[C@@H](c1cc(OCc3ccccc3)c(OCc3ccccc3)c(OCc3ccccc3)c1)O2. The standard InChI is InChI=1S/C72H62O11/c1-74-62-41-60(75-44-51-23-9-2-10-24-51)42-63-61(62)43-68(69(82-63)58-37-64(76-45-52-25-11-3-12-26-52)70(80-49-56-33-19-7-20-34-56)65(38-58)77-46-53-27-13-4-14-28-53)83-72(73)59-39-66(78-47-54-29-15-5-16-30-54)71(81-50-57-35-21-8-22-36-57)67(40-59)79-48-55-31-17-6-18-32-55/h2-42,68-69H,43-50H2,1H3/t68-,69-/m1/s1. The average Bonchev–Trinajstić information content (AvgIpc) is 3.22. The normalized spacial score (nSPS) is 13.3. The first-order valence-corrected chi connectivity index (χ1v) is 27.6. The van der Waals surface area contributed by atoms with E-state index in [2.05, 4.69) is 0 Å². The van der Waals surface area contributed by atoms with Crippen LogP contribution in [0.25, 0.3) is 0 Å². The average molecular weight is 1100 g/mol. The van der Waals surface area contributed by atoms with E-state index in [4.69, 9.17) is 47.4 Å². The van der Waals surface area contributed by atoms with Gasteiger partial charge in [0.25, 0.3) is 0 Å². The van der Waals surface area contributed by atoms with Crippen molar-refractivity contribution >= 4 is 5.97 Å². The minimum Gasteiger partial charge on any atom is -0.496 e. The summed E-state index contributed by atoms with van der Waals surface area (Å²) in [7, 11) is 1.60. The summed E-state index contributed by atoms with van der Waals surface area (Å²) in [5.74, 6) is 2.96. The molecule has 0 spiro atoms. The number of fused-ring (bicyclic) bond motifs is 1. The molecule has 10 aromatic rings. The van der Waals surface area contributed by atoms with Crippen LogP contribution in [0.1, 0.15) is 66.5 Å². The quantitative estimate of drug-likeness (QED) is 0.0510. The van der Waals surface area contributed by atoms with E-state index in [1.807, 2.05) is 237 Å². The summed E-state index contributed by atoms with van der Waals surface area (Å²) in [6.45, 7) is 1.53. The van der Waals surface area contributed by atoms with Gasteiger partial charge in [-0.3, -0.25) is 0 Å². The highest BCUT2D eigenvalue weighted by Gasteiger charge is 2.39. The highest BCUT2D eigenvalue weighted by molar-refractivity contribution is 5.91. The predicted molar refractivity (Wildman–Crippen MR) is 318 cm³/mol. The van der Waals surface area contributed by atoms with E-state index in [0.717, 1.165) is 38.9 Å². The first kappa shape index (κ1) is 54.8. The number of ether oxygens (including phenoxy) is 10. The van der Waals surface area contributed by atoms with Crippen LogP contribution in [0, 0.1) is 0 Å². The van der Waals surface area contributed by atoms with Gasteiger partial charge in [0.05, 0.1) is 12.7 Å². The lowest BCUT2D eigenvalue weighted by Gasteiger charge is -2.35. The Hall–Kier alpha value is -10.1. The van der Waals surface area contributed by atoms with E-state index in [1.165, 1.54) is 0 Å². The highest BCUT2D eigenvalue weighted by atomic mass is 16.6. The second kappa shape index (κ2) is 27.4. The molecule has 0 unspecified atom stereocenters. The Labute approximate surface area is 484 Å². The number of carbonyl (C=O) groups is 1. The van der Waals surface area contributed by atoms with Crippen molar-refractivity contribution in [3.8, 4) is 51.7 Å². The van der Waals surface area contributed by atoms with Crippen molar-refractivity contribution in [2.45, 2.75) is 64.9 Å². The van der Waals surface area contributed by atoms with Crippen LogP contribution in [-0.4, -0.2) is 19.2 Å². The van der Waals surface area contributed by atoms with Gasteiger partial charge in [-0.1, -0.05) is 212 Å². The Balaban J connectivity index is 1.01. The molecule has 11 heteroatoms. The van der Waals surface area contributed by atoms with E-state index >= 15 is 4.79 Å². The number of methoxy groups -OCH3 is 1. The van der Waals surface area contributed by atoms with Crippen LogP contribution in [0.5, 0.6) is 51.7 Å². The Morgan fingerprint density at radius 2 is 0.711 bits per heavy atom. The third-order valence-corrected chi connectivity index (χ3v) is 13.9. The lowest BCUT2D eigenvalue weighted by Crippen LogP contribution is -2.35. The molecule has 2 atom stereocenters. The number of carbonyl (C=O) groups excluding carboxylic acids is 1. The molecule has 0 aromatic heterocycles. The maximum atomic E-state index is 15.4. The zero-order chi connectivity index (χ0) is 56.4. The van der Waals surface area contributed by atoms with Crippen LogP contribution < -0.4 is 42.6 Å². The summed E-state index contributed by atoms with van der Waals surface area (Å²) in [5, 5.41) is 0. The van der Waals surface area contributed by atoms with Crippen molar-refractivity contribution in [2.24, 2.45) is 0 Å². The zero-order valence-electron chi connectivity index (χ0n) is 46.0. The Bertz CT molecular complexity index is 3530. The second-order valence-corrected chi connectivity index (χ2v) is 19.9. The Morgan fingerprint density at radius 3 is 1.06 bits per heavy atom. The molecule has 1 aliphatic rings. The van der Waals surface area contributed by atoms with E-state index < -0.39 is 18.2 Å². The molecule has 1 heterocycles. The van der Waals surface area contributed by atoms with Gasteiger partial charge >= 0.3 is 5.97 Å². The summed E-state index contributed by atoms with van der Waals surface area (Å²) < 4.78 is 66.5. The van der Waals surface area contributed by atoms with Crippen LogP contribution in [0.4, 0.5) is 0 Å². The third-order valence-electron chi connectivity index (χ3n) is 13.9. The van der Waals surface area contributed by atoms with Crippen LogP contribution in [0.15, 0.2) is 249 Å². The Morgan fingerprint density at radius 1 is 0.386 bits per heavy atom. The van der Waals surface area contributed by atoms with Crippen molar-refractivity contribution in [1.82, 2.24) is 0 Å². The van der Waals surface area contributed by atoms with Gasteiger partial charge in [-0.05, 0) is 63.2 Å². The van der Waals surface area contributed by atoms with Crippen molar-refractivity contribution in [1.29, 1.82) is 0 Å². The molecule has 416 valence electrons. The van der Waals surface area contributed by atoms with Crippen molar-refractivity contribution in [2.75, 3.05) is 7.11 Å². The van der Waals surface area contributed by atoms with E-state index in [-0.39, 0.29) is 51.6 Å². The maximum Gasteiger partial charge on any atom is 0.338 e. The molecule has 11 rings (SSSR count). The molecular formula is C72H62O11. The largest absolute Gasteiger partial charge is 0.496 e. The van der Waals surface area contributed by atoms with Gasteiger partial charge in [0.2, 0.25) is 11.5 Å². The van der Waals surface area contributed by atoms with E-state index in [9.17, 15) is 0 Å². The van der Waals surface area contributed by atoms with Crippen LogP contribution in [0.2, 0.25) is 0 Å². The molecule has 0 radical (unpaired) electrons. The molecule has 0 bridgehead atoms. The molecule has 10 aromatic carbocycles. The molecule has 1 aliphatic heterocycles. The summed E-state index contributed by atoms with van der Waals surface area (Å²) in [6, 6.07) is 79.8. The molecule has 0 fully saturated rings. The van der Waals surface area contributed by atoms with Gasteiger partial charge in [-0.25, -0.2) is 4.79 Å². The fraction of sp³-hybridized carbons (Fsp3) is 0.153. The summed E-state index contributed by atoms with van der Waals surface area (Å²) >= 11 is 0. The highest BCUT2D eigenvalue weighted by Crippen LogP contribution is 2.48. The summed E-state index contributed by atoms with van der Waals surface area (Å²) in [5.41, 5.74) is 8.04. The van der Waals surface area contributed by atoms with Gasteiger partial charge in [0.1, 0.15) is 69.6 Å². The molecule has 0 saturated carbocycles. The van der Waals surface area contributed by atoms with Gasteiger partial charge < -0.3 is 47.4 Å². The van der Waals surface area contributed by atoms with Crippen LogP contribution in [0.3, 0.4) is 0 Å². The number of hydrogen-bond acceptors (Lipinski definition) is 11. The first-order valence-electron chi connectivity index (χ1n) is 27.6. The third kappa shape index (κ3) is 14.6. The fourth-order valence-corrected chi connectivity index (χ4v) is 9.59. The monoisotopic (exact) mass is 1100 g/mol. The molecule has 11 nitrogen and oxygen atoms in total. The summed E-state index contributed by atoms with van der Waals surface area (Å²) in [4.78, 5) is 15.4. The minimum atomic E-state index is -0.976. The van der Waals surface area contributed by atoms with Gasteiger partial charge in [-0.15, -0.1) is 0 Å². The lowest BCUT2D eigenvalue weighted by atomic mass is 9.93. The first-order chi connectivity index (χ1) is 41.0. The fourth-order valence-electron chi connectivity index (χ4n) is 9.59. The summed E-state index contributed by atoms with van der Waals surface area (Å²) in [6.07, 6.45) is -1.76. The Kier molecular flexibility index (Phi) is 18.1. The van der Waals surface area contributed by atoms with Crippen molar-refractivity contribution in [3.05, 3.63) is 304 Å². The molecule has 0 saturated heterocycles. The smallest absolute Gasteiger partial charge is 0.338 e. The molecular weight excluding hydrogens is 1040 g/mol. The number of hydrogen-bond donors (Lipinski definition) is 0. The second-order valence-electron chi connectivity index (χ2n) is 19.9. The van der Waals surface area contributed by atoms with E-state index in [1.54, 1.807) is 19.2 Å². The maximum absolute atomic E-state index is 15.4. The number of rotatable bonds is 25. The van der Waals surface area contributed by atoms with Gasteiger partial charge in [-0.2, -0.15) is 0 Å². The molecule has 83 heavy (non-hydrogen) atoms. The van der Waals surface area contributed by atoms with Crippen molar-refractivity contribution < 1.29 is 52.2 Å². The van der Waals surface area contributed by atoms with Crippen LogP contribution in [-0.2, 0) is 57.4 Å². The zero-order valence-corrected chi connectivity index (χ0v) is 46.0. The number of benzene rings is 10. The molecule has 0 amide bonds. The number of esters is 1. The van der Waals surface area contributed by atoms with Gasteiger partial charge in [0.15, 0.2) is 29.1 Å². The lowest BCUT2D eigenvalue weighted by molar-refractivity contribution is -0.0190. The minimum absolute atomic E-state index is 0.160. The predicted octanol–water partition coefficient (Wildman–Crippen LogP) is 15.6.